The van der Waals surface area contributed by atoms with E-state index < -0.39 is 0 Å². The van der Waals surface area contributed by atoms with E-state index in [9.17, 15) is 4.79 Å². The Morgan fingerprint density at radius 1 is 1.35 bits per heavy atom. The van der Waals surface area contributed by atoms with Crippen molar-refractivity contribution >= 4 is 5.91 Å². The minimum atomic E-state index is -0.198. The van der Waals surface area contributed by atoms with Gasteiger partial charge < -0.3 is 14.5 Å². The molecule has 1 saturated carbocycles. The lowest BCUT2D eigenvalue weighted by Gasteiger charge is -2.23. The van der Waals surface area contributed by atoms with E-state index in [0.717, 1.165) is 30.1 Å². The molecule has 4 rings (SSSR count). The normalized spacial score (nSPS) is 15.3. The van der Waals surface area contributed by atoms with E-state index in [4.69, 9.17) is 0 Å². The van der Waals surface area contributed by atoms with E-state index in [0.29, 0.717) is 18.3 Å². The molecule has 136 valence electrons. The number of carbonyl (C=O) groups is 1. The molecule has 26 heavy (non-hydrogen) atoms. The molecule has 0 unspecified atom stereocenters. The Bertz CT molecular complexity index is 885. The Morgan fingerprint density at radius 3 is 2.96 bits per heavy atom. The van der Waals surface area contributed by atoms with Crippen LogP contribution in [0, 0.1) is 0 Å². The molecule has 0 bridgehead atoms. The van der Waals surface area contributed by atoms with Gasteiger partial charge in [0.05, 0.1) is 12.2 Å². The number of aromatic amines is 1. The van der Waals surface area contributed by atoms with Crippen LogP contribution in [0.25, 0.3) is 11.4 Å². The number of aryl methyl sites for hydroxylation is 1. The summed E-state index contributed by atoms with van der Waals surface area (Å²) in [6.45, 7) is 0.355. The van der Waals surface area contributed by atoms with Gasteiger partial charge in [0.1, 0.15) is 17.7 Å². The molecule has 8 nitrogen and oxygen atoms in total. The van der Waals surface area contributed by atoms with Crippen molar-refractivity contribution in [3.8, 4) is 11.4 Å². The summed E-state index contributed by atoms with van der Waals surface area (Å²) >= 11 is 0. The third kappa shape index (κ3) is 3.26. The van der Waals surface area contributed by atoms with Gasteiger partial charge in [0.15, 0.2) is 5.82 Å². The SMILES string of the molecule is Cn1cccc1-c1cc(C(=O)NCc2nncn2C2CCCCC2)[nH]n1. The highest BCUT2D eigenvalue weighted by Gasteiger charge is 2.19. The van der Waals surface area contributed by atoms with Crippen molar-refractivity contribution in [2.45, 2.75) is 44.7 Å². The molecule has 0 saturated heterocycles. The molecule has 3 aromatic rings. The van der Waals surface area contributed by atoms with Crippen molar-refractivity contribution in [1.82, 2.24) is 34.8 Å². The Kier molecular flexibility index (Phi) is 4.55. The van der Waals surface area contributed by atoms with Gasteiger partial charge in [-0.25, -0.2) is 0 Å². The fourth-order valence-electron chi connectivity index (χ4n) is 3.61. The molecule has 1 fully saturated rings. The quantitative estimate of drug-likeness (QED) is 0.737. The van der Waals surface area contributed by atoms with E-state index in [2.05, 4.69) is 30.3 Å². The summed E-state index contributed by atoms with van der Waals surface area (Å²) in [6.07, 6.45) is 9.81. The molecule has 3 heterocycles. The number of hydrogen-bond donors (Lipinski definition) is 2. The van der Waals surface area contributed by atoms with Crippen molar-refractivity contribution in [2.24, 2.45) is 7.05 Å². The predicted molar refractivity (Wildman–Crippen MR) is 96.3 cm³/mol. The molecule has 0 aromatic carbocycles. The summed E-state index contributed by atoms with van der Waals surface area (Å²) in [7, 11) is 1.95. The van der Waals surface area contributed by atoms with Crippen molar-refractivity contribution in [3.63, 3.8) is 0 Å². The van der Waals surface area contributed by atoms with Crippen LogP contribution in [-0.2, 0) is 13.6 Å². The van der Waals surface area contributed by atoms with Gasteiger partial charge in [-0.05, 0) is 31.0 Å². The molecule has 8 heteroatoms. The molecular formula is C18H23N7O. The Labute approximate surface area is 151 Å². The van der Waals surface area contributed by atoms with Crippen LogP contribution in [-0.4, -0.2) is 35.4 Å². The highest BCUT2D eigenvalue weighted by Crippen LogP contribution is 2.28. The fourth-order valence-corrected chi connectivity index (χ4v) is 3.61. The average Bonchev–Trinajstić information content (AvgIpc) is 3.40. The smallest absolute Gasteiger partial charge is 0.269 e. The summed E-state index contributed by atoms with van der Waals surface area (Å²) in [4.78, 5) is 12.4. The van der Waals surface area contributed by atoms with Crippen LogP contribution in [0.4, 0.5) is 0 Å². The minimum Gasteiger partial charge on any atom is -0.349 e. The molecule has 0 radical (unpaired) electrons. The maximum atomic E-state index is 12.4. The number of carbonyl (C=O) groups excluding carboxylic acids is 1. The number of H-pyrrole nitrogens is 1. The van der Waals surface area contributed by atoms with Crippen molar-refractivity contribution < 1.29 is 4.79 Å². The van der Waals surface area contributed by atoms with E-state index >= 15 is 0 Å². The number of nitrogens with zero attached hydrogens (tertiary/aromatic N) is 5. The summed E-state index contributed by atoms with van der Waals surface area (Å²) in [5.41, 5.74) is 2.13. The van der Waals surface area contributed by atoms with Crippen LogP contribution in [0.3, 0.4) is 0 Å². The van der Waals surface area contributed by atoms with Crippen LogP contribution in [0.15, 0.2) is 30.7 Å². The monoisotopic (exact) mass is 353 g/mol. The molecule has 1 amide bonds. The Morgan fingerprint density at radius 2 is 2.19 bits per heavy atom. The molecule has 1 aliphatic rings. The van der Waals surface area contributed by atoms with Crippen LogP contribution in [0.2, 0.25) is 0 Å². The third-order valence-electron chi connectivity index (χ3n) is 5.05. The standard InChI is InChI=1S/C18H23N7O/c1-24-9-5-8-16(24)14-10-15(22-21-14)18(26)19-11-17-23-20-12-25(17)13-6-3-2-4-7-13/h5,8-10,12-13H,2-4,6-7,11H2,1H3,(H,19,26)(H,21,22). The molecule has 0 atom stereocenters. The molecular weight excluding hydrogens is 330 g/mol. The van der Waals surface area contributed by atoms with Crippen LogP contribution in [0.5, 0.6) is 0 Å². The van der Waals surface area contributed by atoms with E-state index in [1.165, 1.54) is 19.3 Å². The first-order valence-electron chi connectivity index (χ1n) is 9.06. The zero-order valence-electron chi connectivity index (χ0n) is 14.9. The van der Waals surface area contributed by atoms with Crippen molar-refractivity contribution in [2.75, 3.05) is 0 Å². The van der Waals surface area contributed by atoms with Gasteiger partial charge in [-0.2, -0.15) is 5.10 Å². The second-order valence-corrected chi connectivity index (χ2v) is 6.80. The summed E-state index contributed by atoms with van der Waals surface area (Å²) < 4.78 is 4.08. The topological polar surface area (TPSA) is 93.4 Å². The summed E-state index contributed by atoms with van der Waals surface area (Å²) in [6, 6.07) is 6.12. The maximum absolute atomic E-state index is 12.4. The lowest BCUT2D eigenvalue weighted by atomic mass is 9.95. The molecule has 3 aromatic heterocycles. The van der Waals surface area contributed by atoms with Crippen molar-refractivity contribution in [1.29, 1.82) is 0 Å². The average molecular weight is 353 g/mol. The number of amides is 1. The predicted octanol–water partition coefficient (Wildman–Crippen LogP) is 2.44. The maximum Gasteiger partial charge on any atom is 0.269 e. The fraction of sp³-hybridized carbons (Fsp3) is 0.444. The molecule has 0 spiro atoms. The van der Waals surface area contributed by atoms with Crippen LogP contribution in [0.1, 0.15) is 54.5 Å². The summed E-state index contributed by atoms with van der Waals surface area (Å²) in [5, 5.41) is 18.2. The van der Waals surface area contributed by atoms with Gasteiger partial charge in [0, 0.05) is 19.3 Å². The van der Waals surface area contributed by atoms with Gasteiger partial charge in [-0.1, -0.05) is 19.3 Å². The molecule has 0 aliphatic heterocycles. The van der Waals surface area contributed by atoms with Gasteiger partial charge in [0.25, 0.3) is 5.91 Å². The zero-order chi connectivity index (χ0) is 17.9. The first-order valence-corrected chi connectivity index (χ1v) is 9.06. The van der Waals surface area contributed by atoms with E-state index in [1.807, 2.05) is 29.9 Å². The van der Waals surface area contributed by atoms with Gasteiger partial charge in [-0.15, -0.1) is 10.2 Å². The summed E-state index contributed by atoms with van der Waals surface area (Å²) in [5.74, 6) is 0.601. The van der Waals surface area contributed by atoms with Gasteiger partial charge in [-0.3, -0.25) is 9.89 Å². The second kappa shape index (κ2) is 7.15. The lowest BCUT2D eigenvalue weighted by molar-refractivity contribution is 0.0944. The van der Waals surface area contributed by atoms with E-state index in [1.54, 1.807) is 12.4 Å². The largest absolute Gasteiger partial charge is 0.349 e. The molecule has 2 N–H and O–H groups in total. The first kappa shape index (κ1) is 16.6. The second-order valence-electron chi connectivity index (χ2n) is 6.80. The zero-order valence-corrected chi connectivity index (χ0v) is 14.9. The highest BCUT2D eigenvalue weighted by molar-refractivity contribution is 5.93. The highest BCUT2D eigenvalue weighted by atomic mass is 16.1. The number of aromatic nitrogens is 6. The van der Waals surface area contributed by atoms with Gasteiger partial charge in [0.2, 0.25) is 0 Å². The van der Waals surface area contributed by atoms with Crippen LogP contribution >= 0.6 is 0 Å². The first-order chi connectivity index (χ1) is 12.7. The Hall–Kier alpha value is -2.90. The van der Waals surface area contributed by atoms with Crippen LogP contribution < -0.4 is 5.32 Å². The minimum absolute atomic E-state index is 0.198. The molecule has 1 aliphatic carbocycles. The third-order valence-corrected chi connectivity index (χ3v) is 5.05. The number of nitrogens with one attached hydrogen (secondary N) is 2. The number of rotatable bonds is 5. The number of hydrogen-bond acceptors (Lipinski definition) is 4. The van der Waals surface area contributed by atoms with E-state index in [-0.39, 0.29) is 5.91 Å². The Balaban J connectivity index is 1.41. The van der Waals surface area contributed by atoms with Gasteiger partial charge >= 0.3 is 0 Å². The van der Waals surface area contributed by atoms with Crippen molar-refractivity contribution in [3.05, 3.63) is 42.2 Å². The lowest BCUT2D eigenvalue weighted by Crippen LogP contribution is -2.26.